The van der Waals surface area contributed by atoms with Crippen LogP contribution in [-0.2, 0) is 27.3 Å². The van der Waals surface area contributed by atoms with Gasteiger partial charge in [0, 0.05) is 19.2 Å². The summed E-state index contributed by atoms with van der Waals surface area (Å²) in [5, 5.41) is 0. The lowest BCUT2D eigenvalue weighted by Crippen LogP contribution is -2.48. The average molecular weight is 413 g/mol. The molecular weight excluding hydrogens is 380 g/mol. The lowest BCUT2D eigenvalue weighted by molar-refractivity contribution is -0.143. The number of benzene rings is 1. The van der Waals surface area contributed by atoms with E-state index in [1.807, 2.05) is 56.3 Å². The second-order valence-electron chi connectivity index (χ2n) is 7.93. The van der Waals surface area contributed by atoms with Gasteiger partial charge in [-0.05, 0) is 43.9 Å². The maximum atomic E-state index is 13.3. The summed E-state index contributed by atoms with van der Waals surface area (Å²) < 4.78 is 11.2. The molecule has 1 aromatic heterocycles. The maximum absolute atomic E-state index is 13.3. The van der Waals surface area contributed by atoms with Crippen LogP contribution < -0.4 is 0 Å². The summed E-state index contributed by atoms with van der Waals surface area (Å²) in [6, 6.07) is 13.3. The van der Waals surface area contributed by atoms with Crippen molar-refractivity contribution in [2.45, 2.75) is 58.2 Å². The molecule has 6 heteroatoms. The van der Waals surface area contributed by atoms with E-state index < -0.39 is 0 Å². The number of hydrogen-bond donors (Lipinski definition) is 0. The van der Waals surface area contributed by atoms with Crippen LogP contribution in [0.3, 0.4) is 0 Å². The van der Waals surface area contributed by atoms with E-state index in [1.54, 1.807) is 16.1 Å². The molecule has 1 saturated heterocycles. The van der Waals surface area contributed by atoms with Crippen LogP contribution in [0, 0.1) is 0 Å². The van der Waals surface area contributed by atoms with Crippen LogP contribution in [-0.4, -0.2) is 53.5 Å². The Bertz CT molecular complexity index is 785. The van der Waals surface area contributed by atoms with Crippen LogP contribution in [0.1, 0.15) is 44.4 Å². The van der Waals surface area contributed by atoms with Gasteiger partial charge in [-0.2, -0.15) is 0 Å². The van der Waals surface area contributed by atoms with Gasteiger partial charge in [0.1, 0.15) is 12.3 Å². The first-order valence-corrected chi connectivity index (χ1v) is 10.8. The second kappa shape index (κ2) is 11.0. The summed E-state index contributed by atoms with van der Waals surface area (Å²) in [4.78, 5) is 29.8. The molecule has 0 bridgehead atoms. The molecule has 6 nitrogen and oxygen atoms in total. The van der Waals surface area contributed by atoms with Crippen molar-refractivity contribution in [1.29, 1.82) is 0 Å². The summed E-state index contributed by atoms with van der Waals surface area (Å²) in [5.74, 6) is 0.620. The van der Waals surface area contributed by atoms with E-state index >= 15 is 0 Å². The van der Waals surface area contributed by atoms with Gasteiger partial charge < -0.3 is 19.0 Å². The van der Waals surface area contributed by atoms with Crippen molar-refractivity contribution in [2.24, 2.45) is 0 Å². The van der Waals surface area contributed by atoms with E-state index in [1.165, 1.54) is 0 Å². The summed E-state index contributed by atoms with van der Waals surface area (Å²) in [7, 11) is 0. The van der Waals surface area contributed by atoms with Gasteiger partial charge in [-0.25, -0.2) is 0 Å². The number of carbonyl (C=O) groups excluding carboxylic acids is 2. The first-order valence-electron chi connectivity index (χ1n) is 10.8. The van der Waals surface area contributed by atoms with Gasteiger partial charge in [-0.3, -0.25) is 9.59 Å². The summed E-state index contributed by atoms with van der Waals surface area (Å²) >= 11 is 0. The number of ether oxygens (including phenoxy) is 1. The van der Waals surface area contributed by atoms with Gasteiger partial charge in [-0.15, -0.1) is 0 Å². The number of nitrogens with zero attached hydrogens (tertiary/aromatic N) is 2. The second-order valence-corrected chi connectivity index (χ2v) is 7.93. The van der Waals surface area contributed by atoms with Crippen molar-refractivity contribution in [2.75, 3.05) is 19.7 Å². The zero-order valence-electron chi connectivity index (χ0n) is 18.0. The molecule has 1 fully saturated rings. The Morgan fingerprint density at radius 3 is 2.57 bits per heavy atom. The highest BCUT2D eigenvalue weighted by molar-refractivity contribution is 5.86. The van der Waals surface area contributed by atoms with Gasteiger partial charge in [0.25, 0.3) is 0 Å². The third-order valence-corrected chi connectivity index (χ3v) is 5.67. The molecule has 2 amide bonds. The standard InChI is InChI=1S/C24H32N2O4/c1-3-19(2)26(23(27)15-20-9-5-4-6-10-20)18-24(28)25(16-21-11-7-13-29-21)17-22-12-8-14-30-22/h4-7,9-11,13,19,22H,3,8,12,14-18H2,1-2H3/t19-,22-/m1/s1. The average Bonchev–Trinajstić information content (AvgIpc) is 3.46. The normalized spacial score (nSPS) is 16.9. The molecule has 0 radical (unpaired) electrons. The van der Waals surface area contributed by atoms with Crippen LogP contribution in [0.2, 0.25) is 0 Å². The molecule has 1 aliphatic heterocycles. The monoisotopic (exact) mass is 412 g/mol. The fourth-order valence-electron chi connectivity index (χ4n) is 3.71. The zero-order valence-corrected chi connectivity index (χ0v) is 18.0. The van der Waals surface area contributed by atoms with Crippen molar-refractivity contribution >= 4 is 11.8 Å². The van der Waals surface area contributed by atoms with E-state index in [0.717, 1.165) is 37.2 Å². The molecule has 162 valence electrons. The summed E-state index contributed by atoms with van der Waals surface area (Å²) in [6.45, 7) is 5.72. The van der Waals surface area contributed by atoms with Crippen molar-refractivity contribution in [1.82, 2.24) is 9.80 Å². The fraction of sp³-hybridized carbons (Fsp3) is 0.500. The Morgan fingerprint density at radius 2 is 1.93 bits per heavy atom. The topological polar surface area (TPSA) is 63.0 Å². The van der Waals surface area contributed by atoms with Crippen LogP contribution in [0.4, 0.5) is 0 Å². The largest absolute Gasteiger partial charge is 0.467 e. The quantitative estimate of drug-likeness (QED) is 0.598. The smallest absolute Gasteiger partial charge is 0.242 e. The molecule has 0 saturated carbocycles. The molecule has 2 heterocycles. The molecule has 2 aromatic rings. The predicted octanol–water partition coefficient (Wildman–Crippen LogP) is 3.66. The molecule has 2 atom stereocenters. The number of rotatable bonds is 10. The first-order chi connectivity index (χ1) is 14.6. The lowest BCUT2D eigenvalue weighted by Gasteiger charge is -2.32. The minimum Gasteiger partial charge on any atom is -0.467 e. The Balaban J connectivity index is 1.70. The van der Waals surface area contributed by atoms with Gasteiger partial charge in [0.15, 0.2) is 0 Å². The highest BCUT2D eigenvalue weighted by Crippen LogP contribution is 2.17. The zero-order chi connectivity index (χ0) is 21.3. The van der Waals surface area contributed by atoms with E-state index in [9.17, 15) is 9.59 Å². The number of furan rings is 1. The Labute approximate surface area is 178 Å². The fourth-order valence-corrected chi connectivity index (χ4v) is 3.71. The Kier molecular flexibility index (Phi) is 8.08. The Morgan fingerprint density at radius 1 is 1.13 bits per heavy atom. The highest BCUT2D eigenvalue weighted by Gasteiger charge is 2.28. The first kappa shape index (κ1) is 22.1. The van der Waals surface area contributed by atoms with E-state index in [-0.39, 0.29) is 30.5 Å². The van der Waals surface area contributed by atoms with Crippen molar-refractivity contribution in [3.63, 3.8) is 0 Å². The molecule has 1 aromatic carbocycles. The van der Waals surface area contributed by atoms with Crippen molar-refractivity contribution in [3.8, 4) is 0 Å². The van der Waals surface area contributed by atoms with Crippen LogP contribution in [0.15, 0.2) is 53.1 Å². The van der Waals surface area contributed by atoms with E-state index in [4.69, 9.17) is 9.15 Å². The van der Waals surface area contributed by atoms with Crippen LogP contribution >= 0.6 is 0 Å². The minimum absolute atomic E-state index is 0.0154. The predicted molar refractivity (Wildman–Crippen MR) is 115 cm³/mol. The van der Waals surface area contributed by atoms with Crippen LogP contribution in [0.5, 0.6) is 0 Å². The molecule has 30 heavy (non-hydrogen) atoms. The van der Waals surface area contributed by atoms with E-state index in [0.29, 0.717) is 19.5 Å². The highest BCUT2D eigenvalue weighted by atomic mass is 16.5. The molecule has 1 aliphatic rings. The lowest BCUT2D eigenvalue weighted by atomic mass is 10.1. The molecular formula is C24H32N2O4. The minimum atomic E-state index is -0.0800. The molecule has 0 unspecified atom stereocenters. The molecule has 3 rings (SSSR count). The van der Waals surface area contributed by atoms with Crippen LogP contribution in [0.25, 0.3) is 0 Å². The van der Waals surface area contributed by atoms with E-state index in [2.05, 4.69) is 0 Å². The van der Waals surface area contributed by atoms with Crippen molar-refractivity contribution < 1.29 is 18.7 Å². The SMILES string of the molecule is CC[C@@H](C)N(CC(=O)N(Cc1ccco1)C[C@H]1CCCO1)C(=O)Cc1ccccc1. The van der Waals surface area contributed by atoms with Gasteiger partial charge >= 0.3 is 0 Å². The third-order valence-electron chi connectivity index (χ3n) is 5.67. The maximum Gasteiger partial charge on any atom is 0.242 e. The summed E-state index contributed by atoms with van der Waals surface area (Å²) in [5.41, 5.74) is 0.954. The van der Waals surface area contributed by atoms with Crippen molar-refractivity contribution in [3.05, 3.63) is 60.1 Å². The molecule has 0 aliphatic carbocycles. The Hall–Kier alpha value is -2.60. The number of carbonyl (C=O) groups is 2. The summed E-state index contributed by atoms with van der Waals surface area (Å²) in [6.07, 6.45) is 4.70. The molecule has 0 N–H and O–H groups in total. The third kappa shape index (κ3) is 6.20. The molecule has 0 spiro atoms. The van der Waals surface area contributed by atoms with Gasteiger partial charge in [0.05, 0.1) is 25.3 Å². The number of amides is 2. The number of hydrogen-bond acceptors (Lipinski definition) is 4. The van der Waals surface area contributed by atoms with Gasteiger partial charge in [0.2, 0.25) is 11.8 Å². The van der Waals surface area contributed by atoms with Gasteiger partial charge in [-0.1, -0.05) is 37.3 Å².